The quantitative estimate of drug-likeness (QED) is 0.679. The highest BCUT2D eigenvalue weighted by Crippen LogP contribution is 2.24. The van der Waals surface area contributed by atoms with E-state index in [4.69, 9.17) is 16.3 Å². The number of hydrogen-bond donors (Lipinski definition) is 1. The van der Waals surface area contributed by atoms with Crippen molar-refractivity contribution in [3.63, 3.8) is 0 Å². The van der Waals surface area contributed by atoms with Crippen molar-refractivity contribution in [2.45, 2.75) is 19.8 Å². The van der Waals surface area contributed by atoms with Gasteiger partial charge in [-0.25, -0.2) is 9.97 Å². The van der Waals surface area contributed by atoms with Crippen LogP contribution in [-0.2, 0) is 11.2 Å². The molecule has 0 aliphatic heterocycles. The molecule has 0 unspecified atom stereocenters. The Morgan fingerprint density at radius 1 is 1.12 bits per heavy atom. The summed E-state index contributed by atoms with van der Waals surface area (Å²) in [5, 5.41) is 3.60. The summed E-state index contributed by atoms with van der Waals surface area (Å²) in [4.78, 5) is 20.3. The van der Waals surface area contributed by atoms with E-state index in [1.165, 1.54) is 0 Å². The Morgan fingerprint density at radius 2 is 1.88 bits per heavy atom. The molecule has 1 amide bonds. The number of amides is 1. The first-order valence-electron chi connectivity index (χ1n) is 8.20. The van der Waals surface area contributed by atoms with Gasteiger partial charge in [0, 0.05) is 29.5 Å². The molecule has 0 saturated heterocycles. The Hall–Kier alpha value is -2.92. The number of nitrogens with zero attached hydrogens (tertiary/aromatic N) is 2. The van der Waals surface area contributed by atoms with E-state index in [0.29, 0.717) is 23.6 Å². The highest BCUT2D eigenvalue weighted by Gasteiger charge is 2.08. The summed E-state index contributed by atoms with van der Waals surface area (Å²) in [6.07, 6.45) is 4.18. The van der Waals surface area contributed by atoms with Crippen molar-refractivity contribution < 1.29 is 9.53 Å². The standard InChI is InChI=1S/C20H18ClN3O2/c1-14-13-16(26-20-22-11-4-12-23-20)8-9-18(14)24-19(25)10-7-15-5-2-3-6-17(15)21/h2-6,8-9,11-13H,7,10H2,1H3,(H,24,25). The van der Waals surface area contributed by atoms with Crippen LogP contribution < -0.4 is 10.1 Å². The lowest BCUT2D eigenvalue weighted by molar-refractivity contribution is -0.116. The van der Waals surface area contributed by atoms with E-state index >= 15 is 0 Å². The third-order valence-corrected chi connectivity index (χ3v) is 4.17. The Kier molecular flexibility index (Phi) is 5.81. The monoisotopic (exact) mass is 367 g/mol. The number of halogens is 1. The van der Waals surface area contributed by atoms with Crippen molar-refractivity contribution in [1.29, 1.82) is 0 Å². The zero-order valence-electron chi connectivity index (χ0n) is 14.3. The fourth-order valence-corrected chi connectivity index (χ4v) is 2.68. The molecule has 132 valence electrons. The zero-order chi connectivity index (χ0) is 18.4. The van der Waals surface area contributed by atoms with Gasteiger partial charge in [0.15, 0.2) is 0 Å². The van der Waals surface area contributed by atoms with Crippen LogP contribution in [0.5, 0.6) is 11.8 Å². The number of rotatable bonds is 6. The Balaban J connectivity index is 1.59. The molecule has 0 aliphatic carbocycles. The highest BCUT2D eigenvalue weighted by molar-refractivity contribution is 6.31. The molecule has 0 saturated carbocycles. The summed E-state index contributed by atoms with van der Waals surface area (Å²) in [7, 11) is 0. The van der Waals surface area contributed by atoms with Crippen LogP contribution in [0.3, 0.4) is 0 Å². The highest BCUT2D eigenvalue weighted by atomic mass is 35.5. The van der Waals surface area contributed by atoms with Crippen molar-refractivity contribution in [1.82, 2.24) is 9.97 Å². The normalized spacial score (nSPS) is 10.4. The van der Waals surface area contributed by atoms with E-state index in [1.54, 1.807) is 30.6 Å². The van der Waals surface area contributed by atoms with E-state index in [1.807, 2.05) is 37.3 Å². The number of carbonyl (C=O) groups excluding carboxylic acids is 1. The van der Waals surface area contributed by atoms with Crippen LogP contribution in [0.1, 0.15) is 17.5 Å². The van der Waals surface area contributed by atoms with Gasteiger partial charge in [-0.1, -0.05) is 29.8 Å². The van der Waals surface area contributed by atoms with E-state index in [0.717, 1.165) is 16.8 Å². The maximum Gasteiger partial charge on any atom is 0.321 e. The van der Waals surface area contributed by atoms with Crippen molar-refractivity contribution in [2.24, 2.45) is 0 Å². The van der Waals surface area contributed by atoms with Gasteiger partial charge < -0.3 is 10.1 Å². The molecule has 5 nitrogen and oxygen atoms in total. The van der Waals surface area contributed by atoms with E-state index in [2.05, 4.69) is 15.3 Å². The Labute approximate surface area is 157 Å². The first-order chi connectivity index (χ1) is 12.6. The molecule has 1 N–H and O–H groups in total. The molecule has 3 aromatic rings. The smallest absolute Gasteiger partial charge is 0.321 e. The lowest BCUT2D eigenvalue weighted by Crippen LogP contribution is -2.13. The second-order valence-corrected chi connectivity index (χ2v) is 6.16. The van der Waals surface area contributed by atoms with Crippen LogP contribution >= 0.6 is 11.6 Å². The number of anilines is 1. The van der Waals surface area contributed by atoms with Crippen LogP contribution in [0, 0.1) is 6.92 Å². The molecule has 6 heteroatoms. The summed E-state index contributed by atoms with van der Waals surface area (Å²) in [6.45, 7) is 1.91. The van der Waals surface area contributed by atoms with E-state index in [-0.39, 0.29) is 11.9 Å². The Morgan fingerprint density at radius 3 is 2.62 bits per heavy atom. The Bertz CT molecular complexity index is 901. The van der Waals surface area contributed by atoms with Gasteiger partial charge in [0.1, 0.15) is 5.75 Å². The van der Waals surface area contributed by atoms with E-state index in [9.17, 15) is 4.79 Å². The van der Waals surface area contributed by atoms with Crippen LogP contribution in [0.15, 0.2) is 60.9 Å². The van der Waals surface area contributed by atoms with Gasteiger partial charge in [-0.05, 0) is 54.8 Å². The largest absolute Gasteiger partial charge is 0.424 e. The number of nitrogens with one attached hydrogen (secondary N) is 1. The predicted octanol–water partition coefficient (Wildman–Crippen LogP) is 4.80. The number of aryl methyl sites for hydroxylation is 2. The third kappa shape index (κ3) is 4.80. The van der Waals surface area contributed by atoms with E-state index < -0.39 is 0 Å². The summed E-state index contributed by atoms with van der Waals surface area (Å²) in [5.41, 5.74) is 2.60. The number of benzene rings is 2. The molecule has 26 heavy (non-hydrogen) atoms. The second kappa shape index (κ2) is 8.45. The third-order valence-electron chi connectivity index (χ3n) is 3.80. The minimum absolute atomic E-state index is 0.0620. The lowest BCUT2D eigenvalue weighted by Gasteiger charge is -2.11. The molecular weight excluding hydrogens is 350 g/mol. The van der Waals surface area contributed by atoms with Crippen molar-refractivity contribution >= 4 is 23.2 Å². The fraction of sp³-hybridized carbons (Fsp3) is 0.150. The SMILES string of the molecule is Cc1cc(Oc2ncccn2)ccc1NC(=O)CCc1ccccc1Cl. The average molecular weight is 368 g/mol. The molecule has 0 spiro atoms. The summed E-state index contributed by atoms with van der Waals surface area (Å²) >= 11 is 6.12. The maximum absolute atomic E-state index is 12.2. The fourth-order valence-electron chi connectivity index (χ4n) is 2.45. The molecule has 0 aliphatic rings. The molecule has 2 aromatic carbocycles. The summed E-state index contributed by atoms with van der Waals surface area (Å²) < 4.78 is 5.59. The molecule has 0 fully saturated rings. The van der Waals surface area contributed by atoms with Gasteiger partial charge in [-0.15, -0.1) is 0 Å². The maximum atomic E-state index is 12.2. The molecule has 3 rings (SSSR count). The van der Waals surface area contributed by atoms with Gasteiger partial charge in [0.05, 0.1) is 0 Å². The number of ether oxygens (including phenoxy) is 1. The molecular formula is C20H18ClN3O2. The van der Waals surface area contributed by atoms with Gasteiger partial charge >= 0.3 is 6.01 Å². The lowest BCUT2D eigenvalue weighted by atomic mass is 10.1. The van der Waals surface area contributed by atoms with Crippen molar-refractivity contribution in [3.8, 4) is 11.8 Å². The van der Waals surface area contributed by atoms with Gasteiger partial charge in [0.25, 0.3) is 0 Å². The summed E-state index contributed by atoms with van der Waals surface area (Å²) in [6, 6.07) is 15.0. The number of aromatic nitrogens is 2. The molecule has 1 aromatic heterocycles. The molecule has 0 bridgehead atoms. The van der Waals surface area contributed by atoms with Crippen LogP contribution in [-0.4, -0.2) is 15.9 Å². The minimum Gasteiger partial charge on any atom is -0.424 e. The summed E-state index contributed by atoms with van der Waals surface area (Å²) in [5.74, 6) is 0.552. The first kappa shape index (κ1) is 17.9. The molecule has 0 atom stereocenters. The molecule has 1 heterocycles. The number of hydrogen-bond acceptors (Lipinski definition) is 4. The van der Waals surface area contributed by atoms with Crippen molar-refractivity contribution in [2.75, 3.05) is 5.32 Å². The van der Waals surface area contributed by atoms with Crippen LogP contribution in [0.2, 0.25) is 5.02 Å². The first-order valence-corrected chi connectivity index (χ1v) is 8.58. The predicted molar refractivity (Wildman–Crippen MR) is 102 cm³/mol. The van der Waals surface area contributed by atoms with Gasteiger partial charge in [-0.3, -0.25) is 4.79 Å². The van der Waals surface area contributed by atoms with Crippen LogP contribution in [0.4, 0.5) is 5.69 Å². The van der Waals surface area contributed by atoms with Gasteiger partial charge in [-0.2, -0.15) is 0 Å². The van der Waals surface area contributed by atoms with Crippen LogP contribution in [0.25, 0.3) is 0 Å². The van der Waals surface area contributed by atoms with Gasteiger partial charge in [0.2, 0.25) is 5.91 Å². The van der Waals surface area contributed by atoms with Crippen molar-refractivity contribution in [3.05, 3.63) is 77.1 Å². The number of carbonyl (C=O) groups is 1. The molecule has 0 radical (unpaired) electrons. The zero-order valence-corrected chi connectivity index (χ0v) is 15.0. The minimum atomic E-state index is -0.0620. The average Bonchev–Trinajstić information content (AvgIpc) is 2.64. The topological polar surface area (TPSA) is 64.1 Å². The second-order valence-electron chi connectivity index (χ2n) is 5.75.